The van der Waals surface area contributed by atoms with Crippen molar-refractivity contribution in [3.8, 4) is 5.75 Å². The number of alkyl halides is 3. The zero-order valence-corrected chi connectivity index (χ0v) is 13.6. The van der Waals surface area contributed by atoms with Crippen LogP contribution in [0.15, 0.2) is 23.2 Å². The van der Waals surface area contributed by atoms with Crippen LogP contribution in [-0.2, 0) is 11.0 Å². The van der Waals surface area contributed by atoms with Gasteiger partial charge in [0.1, 0.15) is 5.75 Å². The average Bonchev–Trinajstić information content (AvgIpc) is 2.86. The maximum absolute atomic E-state index is 13.1. The van der Waals surface area contributed by atoms with Gasteiger partial charge in [-0.25, -0.2) is 4.79 Å². The van der Waals surface area contributed by atoms with E-state index in [1.807, 2.05) is 0 Å². The molecule has 1 aromatic carbocycles. The third kappa shape index (κ3) is 3.81. The predicted molar refractivity (Wildman–Crippen MR) is 84.3 cm³/mol. The summed E-state index contributed by atoms with van der Waals surface area (Å²) in [7, 11) is 1.20. The molecule has 1 aliphatic rings. The molecule has 1 aliphatic heterocycles. The van der Waals surface area contributed by atoms with Crippen LogP contribution >= 0.6 is 11.8 Å². The molecular weight excluding hydrogens is 347 g/mol. The van der Waals surface area contributed by atoms with E-state index in [-0.39, 0.29) is 22.6 Å². The number of aliphatic imine (C=N–C) groups is 1. The Bertz CT molecular complexity index is 692. The van der Waals surface area contributed by atoms with E-state index in [4.69, 9.17) is 4.74 Å². The predicted octanol–water partition coefficient (Wildman–Crippen LogP) is 3.20. The smallest absolute Gasteiger partial charge is 0.418 e. The molecule has 3 amide bonds. The molecular formula is C14H14F3N3O3S. The Hall–Kier alpha value is -2.23. The van der Waals surface area contributed by atoms with Crippen molar-refractivity contribution in [3.05, 3.63) is 23.8 Å². The number of amides is 3. The van der Waals surface area contributed by atoms with Crippen molar-refractivity contribution in [2.75, 3.05) is 24.7 Å². The SMILES string of the molecule is CCN1C(=O)CSC1=NC(=O)Nc1c(OC)cccc1C(F)(F)F. The van der Waals surface area contributed by atoms with E-state index >= 15 is 0 Å². The van der Waals surface area contributed by atoms with Crippen LogP contribution in [0.1, 0.15) is 12.5 Å². The third-order valence-electron chi connectivity index (χ3n) is 3.15. The number of benzene rings is 1. The van der Waals surface area contributed by atoms with Gasteiger partial charge in [0.25, 0.3) is 0 Å². The largest absolute Gasteiger partial charge is 0.495 e. The summed E-state index contributed by atoms with van der Waals surface area (Å²) in [5.41, 5.74) is -1.56. The van der Waals surface area contributed by atoms with E-state index in [1.54, 1.807) is 6.92 Å². The van der Waals surface area contributed by atoms with Crippen LogP contribution in [0.3, 0.4) is 0 Å². The van der Waals surface area contributed by atoms with Crippen LogP contribution in [0.5, 0.6) is 5.75 Å². The maximum Gasteiger partial charge on any atom is 0.418 e. The van der Waals surface area contributed by atoms with E-state index < -0.39 is 23.5 Å². The van der Waals surface area contributed by atoms with Crippen molar-refractivity contribution in [2.24, 2.45) is 4.99 Å². The molecule has 1 heterocycles. The summed E-state index contributed by atoms with van der Waals surface area (Å²) in [5, 5.41) is 2.26. The lowest BCUT2D eigenvalue weighted by Gasteiger charge is -2.16. The van der Waals surface area contributed by atoms with Crippen molar-refractivity contribution in [1.29, 1.82) is 0 Å². The number of para-hydroxylation sites is 1. The Balaban J connectivity index is 2.31. The van der Waals surface area contributed by atoms with Gasteiger partial charge in [-0.05, 0) is 19.1 Å². The van der Waals surface area contributed by atoms with Crippen molar-refractivity contribution < 1.29 is 27.5 Å². The fraction of sp³-hybridized carbons (Fsp3) is 0.357. The minimum atomic E-state index is -4.67. The molecule has 130 valence electrons. The summed E-state index contributed by atoms with van der Waals surface area (Å²) in [6.07, 6.45) is -4.67. The average molecular weight is 361 g/mol. The highest BCUT2D eigenvalue weighted by Gasteiger charge is 2.35. The van der Waals surface area contributed by atoms with Gasteiger partial charge in [0.15, 0.2) is 5.17 Å². The van der Waals surface area contributed by atoms with E-state index in [0.717, 1.165) is 17.8 Å². The first-order valence-electron chi connectivity index (χ1n) is 6.85. The van der Waals surface area contributed by atoms with Crippen LogP contribution in [0.25, 0.3) is 0 Å². The van der Waals surface area contributed by atoms with Crippen molar-refractivity contribution >= 4 is 34.6 Å². The fourth-order valence-corrected chi connectivity index (χ4v) is 3.02. The van der Waals surface area contributed by atoms with Gasteiger partial charge in [-0.1, -0.05) is 17.8 Å². The summed E-state index contributed by atoms with van der Waals surface area (Å²) in [5.74, 6) is -0.203. The first-order valence-corrected chi connectivity index (χ1v) is 7.83. The molecule has 1 fully saturated rings. The molecule has 0 aliphatic carbocycles. The minimum Gasteiger partial charge on any atom is -0.495 e. The summed E-state index contributed by atoms with van der Waals surface area (Å²) in [4.78, 5) is 28.5. The number of anilines is 1. The first-order chi connectivity index (χ1) is 11.3. The molecule has 0 atom stereocenters. The number of hydrogen-bond donors (Lipinski definition) is 1. The zero-order valence-electron chi connectivity index (χ0n) is 12.8. The lowest BCUT2D eigenvalue weighted by molar-refractivity contribution is -0.137. The molecule has 1 aromatic rings. The lowest BCUT2D eigenvalue weighted by Crippen LogP contribution is -2.30. The molecule has 24 heavy (non-hydrogen) atoms. The van der Waals surface area contributed by atoms with Gasteiger partial charge in [0, 0.05) is 6.54 Å². The molecule has 6 nitrogen and oxygen atoms in total. The van der Waals surface area contributed by atoms with Crippen molar-refractivity contribution in [3.63, 3.8) is 0 Å². The molecule has 0 bridgehead atoms. The summed E-state index contributed by atoms with van der Waals surface area (Å²) >= 11 is 1.05. The van der Waals surface area contributed by atoms with Crippen molar-refractivity contribution in [2.45, 2.75) is 13.1 Å². The number of methoxy groups -OCH3 is 1. The van der Waals surface area contributed by atoms with E-state index in [9.17, 15) is 22.8 Å². The Kier molecular flexibility index (Phi) is 5.37. The quantitative estimate of drug-likeness (QED) is 0.898. The van der Waals surface area contributed by atoms with Gasteiger partial charge >= 0.3 is 12.2 Å². The molecule has 0 aromatic heterocycles. The molecule has 10 heteroatoms. The number of nitrogens with one attached hydrogen (secondary N) is 1. The number of urea groups is 1. The number of carbonyl (C=O) groups is 2. The van der Waals surface area contributed by atoms with Gasteiger partial charge < -0.3 is 10.1 Å². The zero-order chi connectivity index (χ0) is 17.9. The van der Waals surface area contributed by atoms with Crippen molar-refractivity contribution in [1.82, 2.24) is 4.90 Å². The van der Waals surface area contributed by atoms with E-state index in [2.05, 4.69) is 10.3 Å². The number of thioether (sulfide) groups is 1. The Labute approximate surface area is 140 Å². The second-order valence-electron chi connectivity index (χ2n) is 4.63. The molecule has 0 unspecified atom stereocenters. The highest BCUT2D eigenvalue weighted by molar-refractivity contribution is 8.15. The summed E-state index contributed by atoms with van der Waals surface area (Å²) in [6.45, 7) is 2.03. The number of nitrogens with zero attached hydrogens (tertiary/aromatic N) is 2. The lowest BCUT2D eigenvalue weighted by atomic mass is 10.1. The van der Waals surface area contributed by atoms with E-state index in [0.29, 0.717) is 6.54 Å². The second-order valence-corrected chi connectivity index (χ2v) is 5.57. The molecule has 0 saturated carbocycles. The molecule has 1 N–H and O–H groups in total. The topological polar surface area (TPSA) is 71.0 Å². The number of halogens is 3. The van der Waals surface area contributed by atoms with Crippen LogP contribution in [-0.4, -0.2) is 41.4 Å². The van der Waals surface area contributed by atoms with Crippen LogP contribution in [0.4, 0.5) is 23.7 Å². The molecule has 0 radical (unpaired) electrons. The van der Waals surface area contributed by atoms with Gasteiger partial charge in [0.2, 0.25) is 5.91 Å². The Morgan fingerprint density at radius 3 is 2.75 bits per heavy atom. The first kappa shape index (κ1) is 18.1. The van der Waals surface area contributed by atoms with Crippen LogP contribution < -0.4 is 10.1 Å². The minimum absolute atomic E-state index is 0.138. The number of ether oxygens (including phenoxy) is 1. The number of hydrogen-bond acceptors (Lipinski definition) is 4. The number of carbonyl (C=O) groups excluding carboxylic acids is 2. The highest BCUT2D eigenvalue weighted by atomic mass is 32.2. The van der Waals surface area contributed by atoms with Crippen LogP contribution in [0, 0.1) is 0 Å². The Morgan fingerprint density at radius 1 is 1.46 bits per heavy atom. The van der Waals surface area contributed by atoms with Crippen LogP contribution in [0.2, 0.25) is 0 Å². The van der Waals surface area contributed by atoms with Gasteiger partial charge in [-0.3, -0.25) is 9.69 Å². The maximum atomic E-state index is 13.1. The van der Waals surface area contributed by atoms with Gasteiger partial charge in [-0.15, -0.1) is 0 Å². The van der Waals surface area contributed by atoms with Gasteiger partial charge in [0.05, 0.1) is 24.1 Å². The summed E-state index contributed by atoms with van der Waals surface area (Å²) in [6, 6.07) is 2.29. The van der Waals surface area contributed by atoms with Gasteiger partial charge in [-0.2, -0.15) is 18.2 Å². The monoisotopic (exact) mass is 361 g/mol. The number of amidine groups is 1. The third-order valence-corrected chi connectivity index (χ3v) is 4.11. The Morgan fingerprint density at radius 2 is 2.17 bits per heavy atom. The molecule has 2 rings (SSSR count). The highest BCUT2D eigenvalue weighted by Crippen LogP contribution is 2.39. The molecule has 0 spiro atoms. The molecule has 1 saturated heterocycles. The normalized spacial score (nSPS) is 16.6. The number of rotatable bonds is 3. The summed E-state index contributed by atoms with van der Waals surface area (Å²) < 4.78 is 44.1. The second kappa shape index (κ2) is 7.12. The fourth-order valence-electron chi connectivity index (χ4n) is 2.08. The van der Waals surface area contributed by atoms with E-state index in [1.165, 1.54) is 24.1 Å². The standard InChI is InChI=1S/C14H14F3N3O3S/c1-3-20-10(21)7-24-13(20)19-12(22)18-11-8(14(15,16)17)5-4-6-9(11)23-2/h4-6H,3,7H2,1-2H3,(H,18,22).